The van der Waals surface area contributed by atoms with Crippen molar-refractivity contribution in [1.82, 2.24) is 19.6 Å². The van der Waals surface area contributed by atoms with Crippen LogP contribution in [-0.2, 0) is 16.6 Å². The highest BCUT2D eigenvalue weighted by Gasteiger charge is 2.24. The van der Waals surface area contributed by atoms with Crippen LogP contribution in [0, 0.1) is 6.92 Å². The topological polar surface area (TPSA) is 92.3 Å². The molecule has 0 atom stereocenters. The van der Waals surface area contributed by atoms with E-state index < -0.39 is 10.0 Å². The number of aryl methyl sites for hydroxylation is 1. The molecule has 1 heterocycles. The SMILES string of the molecule is Cc1ccc(S(=O)(=O)N(C)Cc2ncc(C(=O)NC3CC3)cn2)cc1. The summed E-state index contributed by atoms with van der Waals surface area (Å²) in [5, 5.41) is 2.86. The van der Waals surface area contributed by atoms with Crippen molar-refractivity contribution in [2.75, 3.05) is 7.05 Å². The molecular weight excluding hydrogens is 340 g/mol. The first-order valence-corrected chi connectivity index (χ1v) is 9.45. The molecule has 1 saturated carbocycles. The molecule has 0 unspecified atom stereocenters. The summed E-state index contributed by atoms with van der Waals surface area (Å²) in [4.78, 5) is 20.3. The molecule has 7 nitrogen and oxygen atoms in total. The zero-order valence-electron chi connectivity index (χ0n) is 14.1. The van der Waals surface area contributed by atoms with Crippen LogP contribution in [-0.4, -0.2) is 41.7 Å². The number of carbonyl (C=O) groups excluding carboxylic acids is 1. The summed E-state index contributed by atoms with van der Waals surface area (Å²) in [7, 11) is -2.14. The van der Waals surface area contributed by atoms with Gasteiger partial charge in [-0.2, -0.15) is 4.31 Å². The second-order valence-electron chi connectivity index (χ2n) is 6.21. The van der Waals surface area contributed by atoms with Gasteiger partial charge in [0.2, 0.25) is 10.0 Å². The van der Waals surface area contributed by atoms with E-state index >= 15 is 0 Å². The Balaban J connectivity index is 1.68. The summed E-state index contributed by atoms with van der Waals surface area (Å²) in [6.45, 7) is 1.93. The summed E-state index contributed by atoms with van der Waals surface area (Å²) < 4.78 is 26.3. The minimum atomic E-state index is -3.61. The summed E-state index contributed by atoms with van der Waals surface area (Å²) in [5.41, 5.74) is 1.37. The number of carbonyl (C=O) groups is 1. The van der Waals surface area contributed by atoms with Crippen LogP contribution in [0.15, 0.2) is 41.6 Å². The predicted molar refractivity (Wildman–Crippen MR) is 92.4 cm³/mol. The molecule has 1 aliphatic rings. The highest BCUT2D eigenvalue weighted by atomic mass is 32.2. The number of rotatable bonds is 6. The molecule has 0 aliphatic heterocycles. The molecule has 0 spiro atoms. The van der Waals surface area contributed by atoms with Gasteiger partial charge in [-0.15, -0.1) is 0 Å². The lowest BCUT2D eigenvalue weighted by molar-refractivity contribution is 0.0950. The standard InChI is InChI=1S/C17H20N4O3S/c1-12-3-7-15(8-4-12)25(23,24)21(2)11-16-18-9-13(10-19-16)17(22)20-14-5-6-14/h3-4,7-10,14H,5-6,11H2,1-2H3,(H,20,22). The summed E-state index contributed by atoms with van der Waals surface area (Å²) in [6.07, 6.45) is 4.86. The van der Waals surface area contributed by atoms with E-state index in [0.717, 1.165) is 18.4 Å². The Kier molecular flexibility index (Phi) is 4.82. The van der Waals surface area contributed by atoms with E-state index in [4.69, 9.17) is 0 Å². The molecule has 2 aromatic rings. The molecule has 3 rings (SSSR count). The first kappa shape index (κ1) is 17.5. The van der Waals surface area contributed by atoms with Crippen molar-refractivity contribution in [1.29, 1.82) is 0 Å². The van der Waals surface area contributed by atoms with Crippen LogP contribution in [0.4, 0.5) is 0 Å². The van der Waals surface area contributed by atoms with Crippen molar-refractivity contribution in [3.05, 3.63) is 53.6 Å². The minimum absolute atomic E-state index is 0.0285. The Morgan fingerprint density at radius 2 is 1.80 bits per heavy atom. The maximum Gasteiger partial charge on any atom is 0.254 e. The maximum atomic E-state index is 12.6. The van der Waals surface area contributed by atoms with Gasteiger partial charge in [0.25, 0.3) is 5.91 Å². The molecule has 0 saturated heterocycles. The fourth-order valence-corrected chi connectivity index (χ4v) is 3.35. The summed E-state index contributed by atoms with van der Waals surface area (Å²) >= 11 is 0. The van der Waals surface area contributed by atoms with Crippen molar-refractivity contribution in [2.45, 2.75) is 37.2 Å². The van der Waals surface area contributed by atoms with Crippen LogP contribution in [0.5, 0.6) is 0 Å². The van der Waals surface area contributed by atoms with Gasteiger partial charge >= 0.3 is 0 Å². The number of hydrogen-bond donors (Lipinski definition) is 1. The van der Waals surface area contributed by atoms with Crippen molar-refractivity contribution in [3.8, 4) is 0 Å². The molecule has 1 aromatic heterocycles. The molecule has 0 bridgehead atoms. The zero-order chi connectivity index (χ0) is 18.0. The predicted octanol–water partition coefficient (Wildman–Crippen LogP) is 1.50. The molecule has 0 radical (unpaired) electrons. The van der Waals surface area contributed by atoms with E-state index in [0.29, 0.717) is 11.4 Å². The van der Waals surface area contributed by atoms with E-state index in [1.54, 1.807) is 24.3 Å². The Hall–Kier alpha value is -2.32. The molecule has 8 heteroatoms. The molecule has 1 aromatic carbocycles. The number of nitrogens with zero attached hydrogens (tertiary/aromatic N) is 3. The highest BCUT2D eigenvalue weighted by Crippen LogP contribution is 2.19. The maximum absolute atomic E-state index is 12.6. The second-order valence-corrected chi connectivity index (χ2v) is 8.25. The zero-order valence-corrected chi connectivity index (χ0v) is 15.0. The number of hydrogen-bond acceptors (Lipinski definition) is 5. The van der Waals surface area contributed by atoms with Gasteiger partial charge in [-0.05, 0) is 31.9 Å². The third-order valence-corrected chi connectivity index (χ3v) is 5.79. The van der Waals surface area contributed by atoms with Crippen molar-refractivity contribution >= 4 is 15.9 Å². The molecule has 1 N–H and O–H groups in total. The lowest BCUT2D eigenvalue weighted by Gasteiger charge is -2.16. The van der Waals surface area contributed by atoms with E-state index in [1.807, 2.05) is 6.92 Å². The van der Waals surface area contributed by atoms with Gasteiger partial charge < -0.3 is 5.32 Å². The van der Waals surface area contributed by atoms with E-state index in [-0.39, 0.29) is 23.4 Å². The first-order valence-electron chi connectivity index (χ1n) is 8.01. The fourth-order valence-electron chi connectivity index (χ4n) is 2.22. The largest absolute Gasteiger partial charge is 0.349 e. The molecule has 132 valence electrons. The summed E-state index contributed by atoms with van der Waals surface area (Å²) in [6, 6.07) is 6.92. The normalized spacial score (nSPS) is 14.5. The number of nitrogens with one attached hydrogen (secondary N) is 1. The van der Waals surface area contributed by atoms with Crippen LogP contribution >= 0.6 is 0 Å². The molecule has 1 aliphatic carbocycles. The summed E-state index contributed by atoms with van der Waals surface area (Å²) in [5.74, 6) is 0.135. The van der Waals surface area contributed by atoms with Gasteiger partial charge in [-0.3, -0.25) is 4.79 Å². The fraction of sp³-hybridized carbons (Fsp3) is 0.353. The number of sulfonamides is 1. The van der Waals surface area contributed by atoms with Gasteiger partial charge in [0.15, 0.2) is 0 Å². The Labute approximate surface area is 147 Å². The minimum Gasteiger partial charge on any atom is -0.349 e. The Morgan fingerprint density at radius 1 is 1.20 bits per heavy atom. The van der Waals surface area contributed by atoms with E-state index in [2.05, 4.69) is 15.3 Å². The smallest absolute Gasteiger partial charge is 0.254 e. The van der Waals surface area contributed by atoms with Crippen LogP contribution in [0.25, 0.3) is 0 Å². The first-order chi connectivity index (χ1) is 11.9. The van der Waals surface area contributed by atoms with Crippen molar-refractivity contribution in [2.24, 2.45) is 0 Å². The highest BCUT2D eigenvalue weighted by molar-refractivity contribution is 7.89. The monoisotopic (exact) mass is 360 g/mol. The molecular formula is C17H20N4O3S. The second kappa shape index (κ2) is 6.89. The van der Waals surface area contributed by atoms with Crippen LogP contribution in [0.2, 0.25) is 0 Å². The van der Waals surface area contributed by atoms with Crippen LogP contribution < -0.4 is 5.32 Å². The van der Waals surface area contributed by atoms with Gasteiger partial charge in [0.1, 0.15) is 5.82 Å². The lowest BCUT2D eigenvalue weighted by atomic mass is 10.2. The Morgan fingerprint density at radius 3 is 2.36 bits per heavy atom. The van der Waals surface area contributed by atoms with Gasteiger partial charge in [-0.1, -0.05) is 17.7 Å². The third-order valence-electron chi connectivity index (χ3n) is 3.97. The number of amides is 1. The lowest BCUT2D eigenvalue weighted by Crippen LogP contribution is -2.28. The van der Waals surface area contributed by atoms with Gasteiger partial charge in [-0.25, -0.2) is 18.4 Å². The van der Waals surface area contributed by atoms with E-state index in [1.165, 1.54) is 23.7 Å². The van der Waals surface area contributed by atoms with Crippen LogP contribution in [0.3, 0.4) is 0 Å². The number of aromatic nitrogens is 2. The number of benzene rings is 1. The van der Waals surface area contributed by atoms with Crippen molar-refractivity contribution in [3.63, 3.8) is 0 Å². The van der Waals surface area contributed by atoms with Crippen LogP contribution in [0.1, 0.15) is 34.6 Å². The quantitative estimate of drug-likeness (QED) is 0.843. The van der Waals surface area contributed by atoms with Gasteiger partial charge in [0, 0.05) is 25.5 Å². The molecule has 25 heavy (non-hydrogen) atoms. The van der Waals surface area contributed by atoms with Gasteiger partial charge in [0.05, 0.1) is 17.0 Å². The Bertz CT molecular complexity index is 860. The average Bonchev–Trinajstić information content (AvgIpc) is 3.39. The molecule has 1 fully saturated rings. The van der Waals surface area contributed by atoms with E-state index in [9.17, 15) is 13.2 Å². The molecule has 1 amide bonds. The third kappa shape index (κ3) is 4.21. The van der Waals surface area contributed by atoms with Crippen molar-refractivity contribution < 1.29 is 13.2 Å². The average molecular weight is 360 g/mol.